The van der Waals surface area contributed by atoms with Crippen molar-refractivity contribution in [3.05, 3.63) is 59.7 Å². The maximum atomic E-state index is 13.9. The largest absolute Gasteiger partial charge is 0.343 e. The van der Waals surface area contributed by atoms with E-state index in [1.807, 2.05) is 23.1 Å². The molecule has 31 heavy (non-hydrogen) atoms. The van der Waals surface area contributed by atoms with Crippen LogP contribution in [0.3, 0.4) is 0 Å². The standard InChI is InChI=1S/C24H27FN4O2/c1-16(30)29-12-10-17(11-13-29)6-9-24(31)26-19-7-8-21-22(15-19)28-23(27-21)14-18-4-2-3-5-20(18)25/h2-5,7-8,15,17H,6,9-14H2,1H3,(H,26,31)(H,27,28). The lowest BCUT2D eigenvalue weighted by Gasteiger charge is -2.31. The fourth-order valence-corrected chi connectivity index (χ4v) is 4.14. The number of hydrogen-bond donors (Lipinski definition) is 2. The molecule has 2 aromatic carbocycles. The predicted molar refractivity (Wildman–Crippen MR) is 118 cm³/mol. The number of fused-ring (bicyclic) bond motifs is 1. The zero-order valence-corrected chi connectivity index (χ0v) is 17.7. The number of rotatable bonds is 6. The molecule has 2 heterocycles. The maximum absolute atomic E-state index is 13.9. The molecule has 1 aliphatic rings. The monoisotopic (exact) mass is 422 g/mol. The third kappa shape index (κ3) is 5.29. The van der Waals surface area contributed by atoms with E-state index in [-0.39, 0.29) is 17.6 Å². The van der Waals surface area contributed by atoms with Gasteiger partial charge in [-0.25, -0.2) is 9.37 Å². The van der Waals surface area contributed by atoms with Crippen LogP contribution in [0.1, 0.15) is 44.0 Å². The Bertz CT molecular complexity index is 1090. The molecular weight excluding hydrogens is 395 g/mol. The zero-order chi connectivity index (χ0) is 21.8. The number of carbonyl (C=O) groups excluding carboxylic acids is 2. The molecule has 7 heteroatoms. The highest BCUT2D eigenvalue weighted by Crippen LogP contribution is 2.23. The van der Waals surface area contributed by atoms with E-state index < -0.39 is 0 Å². The third-order valence-corrected chi connectivity index (χ3v) is 5.97. The minimum absolute atomic E-state index is 0.0144. The van der Waals surface area contributed by atoms with Crippen molar-refractivity contribution in [2.75, 3.05) is 18.4 Å². The molecule has 162 valence electrons. The van der Waals surface area contributed by atoms with E-state index in [0.717, 1.165) is 43.4 Å². The lowest BCUT2D eigenvalue weighted by atomic mass is 9.92. The van der Waals surface area contributed by atoms with Crippen LogP contribution in [-0.2, 0) is 16.0 Å². The second-order valence-electron chi connectivity index (χ2n) is 8.22. The smallest absolute Gasteiger partial charge is 0.224 e. The van der Waals surface area contributed by atoms with Crippen molar-refractivity contribution in [1.82, 2.24) is 14.9 Å². The van der Waals surface area contributed by atoms with Crippen molar-refractivity contribution in [3.63, 3.8) is 0 Å². The highest BCUT2D eigenvalue weighted by Gasteiger charge is 2.21. The number of nitrogens with one attached hydrogen (secondary N) is 2. The molecule has 0 aliphatic carbocycles. The Balaban J connectivity index is 1.32. The topological polar surface area (TPSA) is 78.1 Å². The molecule has 0 spiro atoms. The second-order valence-corrected chi connectivity index (χ2v) is 8.22. The summed E-state index contributed by atoms with van der Waals surface area (Å²) in [5.74, 6) is 1.03. The Labute approximate surface area is 180 Å². The summed E-state index contributed by atoms with van der Waals surface area (Å²) < 4.78 is 13.9. The number of aromatic amines is 1. The van der Waals surface area contributed by atoms with Crippen LogP contribution in [0, 0.1) is 11.7 Å². The summed E-state index contributed by atoms with van der Waals surface area (Å²) in [4.78, 5) is 33.4. The van der Waals surface area contributed by atoms with Gasteiger partial charge >= 0.3 is 0 Å². The van der Waals surface area contributed by atoms with E-state index >= 15 is 0 Å². The van der Waals surface area contributed by atoms with Crippen LogP contribution in [0.15, 0.2) is 42.5 Å². The van der Waals surface area contributed by atoms with E-state index in [9.17, 15) is 14.0 Å². The summed E-state index contributed by atoms with van der Waals surface area (Å²) >= 11 is 0. The van der Waals surface area contributed by atoms with Gasteiger partial charge < -0.3 is 15.2 Å². The first-order chi connectivity index (χ1) is 15.0. The van der Waals surface area contributed by atoms with Gasteiger partial charge in [0.1, 0.15) is 11.6 Å². The number of benzene rings is 2. The van der Waals surface area contributed by atoms with Crippen LogP contribution in [-0.4, -0.2) is 39.8 Å². The molecule has 1 aromatic heterocycles. The van der Waals surface area contributed by atoms with Gasteiger partial charge in [0.05, 0.1) is 11.0 Å². The molecular formula is C24H27FN4O2. The molecule has 0 unspecified atom stereocenters. The molecule has 0 saturated carbocycles. The number of nitrogens with zero attached hydrogens (tertiary/aromatic N) is 2. The van der Waals surface area contributed by atoms with Gasteiger partial charge in [0.25, 0.3) is 0 Å². The highest BCUT2D eigenvalue weighted by atomic mass is 19.1. The SMILES string of the molecule is CC(=O)N1CCC(CCC(=O)Nc2ccc3nc(Cc4ccccc4F)[nH]c3c2)CC1. The van der Waals surface area contributed by atoms with Crippen molar-refractivity contribution in [2.45, 2.75) is 39.0 Å². The summed E-state index contributed by atoms with van der Waals surface area (Å²) in [5.41, 5.74) is 2.89. The van der Waals surface area contributed by atoms with Crippen LogP contribution in [0.5, 0.6) is 0 Å². The van der Waals surface area contributed by atoms with Crippen LogP contribution in [0.4, 0.5) is 10.1 Å². The van der Waals surface area contributed by atoms with Gasteiger partial charge in [-0.2, -0.15) is 0 Å². The van der Waals surface area contributed by atoms with Crippen molar-refractivity contribution in [2.24, 2.45) is 5.92 Å². The first-order valence-electron chi connectivity index (χ1n) is 10.8. The Morgan fingerprint density at radius 2 is 1.97 bits per heavy atom. The molecule has 2 N–H and O–H groups in total. The second kappa shape index (κ2) is 9.29. The highest BCUT2D eigenvalue weighted by molar-refractivity contribution is 5.93. The minimum atomic E-state index is -0.247. The molecule has 0 radical (unpaired) electrons. The minimum Gasteiger partial charge on any atom is -0.343 e. The summed E-state index contributed by atoms with van der Waals surface area (Å²) in [5, 5.41) is 2.96. The van der Waals surface area contributed by atoms with Gasteiger partial charge in [-0.1, -0.05) is 18.2 Å². The van der Waals surface area contributed by atoms with Gasteiger partial charge in [-0.3, -0.25) is 9.59 Å². The van der Waals surface area contributed by atoms with Crippen LogP contribution >= 0.6 is 0 Å². The fraction of sp³-hybridized carbons (Fsp3) is 0.375. The zero-order valence-electron chi connectivity index (χ0n) is 17.7. The molecule has 0 bridgehead atoms. The summed E-state index contributed by atoms with van der Waals surface area (Å²) in [6.07, 6.45) is 3.59. The molecule has 1 aliphatic heterocycles. The summed E-state index contributed by atoms with van der Waals surface area (Å²) in [7, 11) is 0. The normalized spacial score (nSPS) is 14.7. The lowest BCUT2D eigenvalue weighted by molar-refractivity contribution is -0.130. The van der Waals surface area contributed by atoms with E-state index in [0.29, 0.717) is 35.8 Å². The molecule has 3 aromatic rings. The van der Waals surface area contributed by atoms with Crippen molar-refractivity contribution in [3.8, 4) is 0 Å². The Hall–Kier alpha value is -3.22. The van der Waals surface area contributed by atoms with Crippen LogP contribution in [0.25, 0.3) is 11.0 Å². The van der Waals surface area contributed by atoms with Gasteiger partial charge in [-0.15, -0.1) is 0 Å². The average Bonchev–Trinajstić information content (AvgIpc) is 3.16. The number of amides is 2. The van der Waals surface area contributed by atoms with Gasteiger partial charge in [0.2, 0.25) is 11.8 Å². The first-order valence-corrected chi connectivity index (χ1v) is 10.8. The Kier molecular flexibility index (Phi) is 6.30. The number of aromatic nitrogens is 2. The van der Waals surface area contributed by atoms with Crippen LogP contribution in [0.2, 0.25) is 0 Å². The Morgan fingerprint density at radius 3 is 2.71 bits per heavy atom. The maximum Gasteiger partial charge on any atom is 0.224 e. The molecule has 1 fully saturated rings. The number of halogens is 1. The van der Waals surface area contributed by atoms with Gasteiger partial charge in [-0.05, 0) is 55.0 Å². The average molecular weight is 423 g/mol. The quantitative estimate of drug-likeness (QED) is 0.623. The molecule has 1 saturated heterocycles. The van der Waals surface area contributed by atoms with Crippen molar-refractivity contribution in [1.29, 1.82) is 0 Å². The molecule has 4 rings (SSSR count). The third-order valence-electron chi connectivity index (χ3n) is 5.97. The predicted octanol–water partition coefficient (Wildman–Crippen LogP) is 4.27. The first kappa shape index (κ1) is 21.0. The van der Waals surface area contributed by atoms with Gasteiger partial charge in [0, 0.05) is 38.5 Å². The lowest BCUT2D eigenvalue weighted by Crippen LogP contribution is -2.37. The Morgan fingerprint density at radius 1 is 1.19 bits per heavy atom. The number of likely N-dealkylation sites (tertiary alicyclic amines) is 1. The molecule has 0 atom stereocenters. The molecule has 6 nitrogen and oxygen atoms in total. The van der Waals surface area contributed by atoms with E-state index in [2.05, 4.69) is 15.3 Å². The number of carbonyl (C=O) groups is 2. The number of piperidine rings is 1. The van der Waals surface area contributed by atoms with Crippen LogP contribution < -0.4 is 5.32 Å². The number of anilines is 1. The fourth-order valence-electron chi connectivity index (χ4n) is 4.14. The molecule has 2 amide bonds. The number of hydrogen-bond acceptors (Lipinski definition) is 3. The van der Waals surface area contributed by atoms with Crippen molar-refractivity contribution < 1.29 is 14.0 Å². The van der Waals surface area contributed by atoms with E-state index in [1.54, 1.807) is 25.1 Å². The summed E-state index contributed by atoms with van der Waals surface area (Å²) in [6, 6.07) is 12.2. The summed E-state index contributed by atoms with van der Waals surface area (Å²) in [6.45, 7) is 3.17. The number of imidazole rings is 1. The van der Waals surface area contributed by atoms with Gasteiger partial charge in [0.15, 0.2) is 0 Å². The van der Waals surface area contributed by atoms with Crippen molar-refractivity contribution >= 4 is 28.5 Å². The van der Waals surface area contributed by atoms with E-state index in [1.165, 1.54) is 6.07 Å². The van der Waals surface area contributed by atoms with E-state index in [4.69, 9.17) is 0 Å². The number of H-pyrrole nitrogens is 1.